The minimum absolute atomic E-state index is 0.207. The molecule has 2 rings (SSSR count). The predicted octanol–water partition coefficient (Wildman–Crippen LogP) is 7.25. The van der Waals surface area contributed by atoms with E-state index < -0.39 is 13.3 Å². The SMILES string of the molecule is CCCC(c1ccccc1Cc1cc(C(C)(C)C)c(O)c(C(C)(C)C)c1)P(=O)(O)OC. The van der Waals surface area contributed by atoms with Crippen LogP contribution in [0.5, 0.6) is 5.75 Å². The Kier molecular flexibility index (Phi) is 7.85. The zero-order valence-electron chi connectivity index (χ0n) is 20.3. The highest BCUT2D eigenvalue weighted by Gasteiger charge is 2.33. The van der Waals surface area contributed by atoms with E-state index in [0.29, 0.717) is 18.6 Å². The summed E-state index contributed by atoms with van der Waals surface area (Å²) < 4.78 is 17.8. The van der Waals surface area contributed by atoms with Crippen molar-refractivity contribution in [2.45, 2.75) is 84.2 Å². The van der Waals surface area contributed by atoms with E-state index in [9.17, 15) is 14.6 Å². The van der Waals surface area contributed by atoms with Crippen molar-refractivity contribution < 1.29 is 19.1 Å². The zero-order chi connectivity index (χ0) is 23.6. The Bertz CT molecular complexity index is 916. The monoisotopic (exact) mass is 446 g/mol. The van der Waals surface area contributed by atoms with Crippen LogP contribution in [0.1, 0.15) is 94.8 Å². The van der Waals surface area contributed by atoms with E-state index in [0.717, 1.165) is 34.2 Å². The van der Waals surface area contributed by atoms with E-state index in [1.807, 2.05) is 31.2 Å². The number of benzene rings is 2. The van der Waals surface area contributed by atoms with Crippen LogP contribution < -0.4 is 0 Å². The van der Waals surface area contributed by atoms with Gasteiger partial charge in [0.2, 0.25) is 0 Å². The highest BCUT2D eigenvalue weighted by Crippen LogP contribution is 2.58. The summed E-state index contributed by atoms with van der Waals surface area (Å²) in [5.41, 5.74) is 3.82. The molecule has 0 heterocycles. The highest BCUT2D eigenvalue weighted by molar-refractivity contribution is 7.53. The van der Waals surface area contributed by atoms with Crippen LogP contribution in [-0.2, 0) is 26.3 Å². The Morgan fingerprint density at radius 2 is 1.52 bits per heavy atom. The van der Waals surface area contributed by atoms with Crippen LogP contribution in [-0.4, -0.2) is 17.1 Å². The van der Waals surface area contributed by atoms with Crippen molar-refractivity contribution in [2.24, 2.45) is 0 Å². The fourth-order valence-corrected chi connectivity index (χ4v) is 5.52. The molecule has 31 heavy (non-hydrogen) atoms. The summed E-state index contributed by atoms with van der Waals surface area (Å²) in [6, 6.07) is 12.0. The quantitative estimate of drug-likeness (QED) is 0.440. The molecule has 172 valence electrons. The lowest BCUT2D eigenvalue weighted by molar-refractivity contribution is 0.301. The molecule has 0 aromatic heterocycles. The van der Waals surface area contributed by atoms with Crippen molar-refractivity contribution >= 4 is 7.60 Å². The number of phenolic OH excluding ortho intramolecular Hbond substituents is 1. The van der Waals surface area contributed by atoms with Crippen LogP contribution in [0.25, 0.3) is 0 Å². The smallest absolute Gasteiger partial charge is 0.335 e. The average Bonchev–Trinajstić information content (AvgIpc) is 2.66. The Morgan fingerprint density at radius 3 is 1.97 bits per heavy atom. The van der Waals surface area contributed by atoms with E-state index in [1.165, 1.54) is 7.11 Å². The van der Waals surface area contributed by atoms with Crippen LogP contribution in [0.2, 0.25) is 0 Å². The van der Waals surface area contributed by atoms with Gasteiger partial charge in [-0.2, -0.15) is 0 Å². The molecule has 2 atom stereocenters. The number of aromatic hydroxyl groups is 1. The summed E-state index contributed by atoms with van der Waals surface area (Å²) in [6.07, 6.45) is 1.98. The first-order chi connectivity index (χ1) is 14.2. The third kappa shape index (κ3) is 6.00. The first kappa shape index (κ1) is 25.6. The van der Waals surface area contributed by atoms with Crippen LogP contribution in [0, 0.1) is 0 Å². The van der Waals surface area contributed by atoms with Gasteiger partial charge >= 0.3 is 7.60 Å². The molecule has 0 radical (unpaired) electrons. The Hall–Kier alpha value is -1.61. The maximum absolute atomic E-state index is 12.8. The van der Waals surface area contributed by atoms with Gasteiger partial charge in [0, 0.05) is 7.11 Å². The molecule has 2 N–H and O–H groups in total. The van der Waals surface area contributed by atoms with Gasteiger partial charge in [0.15, 0.2) is 0 Å². The van der Waals surface area contributed by atoms with E-state index in [-0.39, 0.29) is 10.8 Å². The van der Waals surface area contributed by atoms with Crippen LogP contribution in [0.4, 0.5) is 0 Å². The third-order valence-electron chi connectivity index (χ3n) is 5.81. The Balaban J connectivity index is 2.64. The minimum Gasteiger partial charge on any atom is -0.507 e. The van der Waals surface area contributed by atoms with Gasteiger partial charge in [-0.05, 0) is 51.5 Å². The summed E-state index contributed by atoms with van der Waals surface area (Å²) in [6.45, 7) is 14.6. The van der Waals surface area contributed by atoms with Crippen molar-refractivity contribution in [3.63, 3.8) is 0 Å². The second kappa shape index (κ2) is 9.48. The van der Waals surface area contributed by atoms with E-state index in [4.69, 9.17) is 4.52 Å². The van der Waals surface area contributed by atoms with Crippen LogP contribution >= 0.6 is 7.60 Å². The molecule has 5 heteroatoms. The maximum Gasteiger partial charge on any atom is 0.335 e. The van der Waals surface area contributed by atoms with Gasteiger partial charge in [0.1, 0.15) is 5.75 Å². The highest BCUT2D eigenvalue weighted by atomic mass is 31.2. The molecular formula is C26H39O4P. The first-order valence-electron chi connectivity index (χ1n) is 11.0. The van der Waals surface area contributed by atoms with Crippen molar-refractivity contribution in [1.29, 1.82) is 0 Å². The molecule has 0 saturated carbocycles. The Labute approximate surface area is 188 Å². The molecule has 2 unspecified atom stereocenters. The maximum atomic E-state index is 12.8. The van der Waals surface area contributed by atoms with Gasteiger partial charge in [0.25, 0.3) is 0 Å². The number of rotatable bonds is 7. The molecule has 2 aromatic rings. The van der Waals surface area contributed by atoms with Crippen molar-refractivity contribution in [1.82, 2.24) is 0 Å². The molecule has 4 nitrogen and oxygen atoms in total. The van der Waals surface area contributed by atoms with E-state index >= 15 is 0 Å². The molecule has 0 bridgehead atoms. The van der Waals surface area contributed by atoms with E-state index in [1.54, 1.807) is 0 Å². The minimum atomic E-state index is -3.77. The van der Waals surface area contributed by atoms with Gasteiger partial charge in [-0.3, -0.25) is 4.57 Å². The molecule has 0 saturated heterocycles. The average molecular weight is 447 g/mol. The lowest BCUT2D eigenvalue weighted by atomic mass is 9.77. The Morgan fingerprint density at radius 1 is 1.00 bits per heavy atom. The molecule has 2 aromatic carbocycles. The molecule has 0 fully saturated rings. The van der Waals surface area contributed by atoms with Crippen LogP contribution in [0.15, 0.2) is 36.4 Å². The lowest BCUT2D eigenvalue weighted by Crippen LogP contribution is -2.18. The van der Waals surface area contributed by atoms with Gasteiger partial charge in [0.05, 0.1) is 5.66 Å². The fourth-order valence-electron chi connectivity index (χ4n) is 4.08. The number of phenols is 1. The zero-order valence-corrected chi connectivity index (χ0v) is 21.2. The van der Waals surface area contributed by atoms with Crippen molar-refractivity contribution in [3.05, 3.63) is 64.2 Å². The summed E-state index contributed by atoms with van der Waals surface area (Å²) in [7, 11) is -2.47. The van der Waals surface area contributed by atoms with Crippen molar-refractivity contribution in [3.8, 4) is 5.75 Å². The fraction of sp³-hybridized carbons (Fsp3) is 0.538. The van der Waals surface area contributed by atoms with Gasteiger partial charge in [-0.25, -0.2) is 0 Å². The standard InChI is InChI=1S/C26H39O4P/c1-9-12-23(31(28,29)30-8)20-14-11-10-13-19(20)15-18-16-21(25(2,3)4)24(27)22(17-18)26(5,6)7/h10-11,13-14,16-17,23,27H,9,12,15H2,1-8H3,(H,28,29). The predicted molar refractivity (Wildman–Crippen MR) is 129 cm³/mol. The summed E-state index contributed by atoms with van der Waals surface area (Å²) in [5.74, 6) is 0.361. The topological polar surface area (TPSA) is 66.8 Å². The van der Waals surface area contributed by atoms with Crippen LogP contribution in [0.3, 0.4) is 0 Å². The molecular weight excluding hydrogens is 407 g/mol. The molecule has 0 spiro atoms. The number of hydrogen-bond acceptors (Lipinski definition) is 3. The molecule has 0 aliphatic carbocycles. The van der Waals surface area contributed by atoms with Gasteiger partial charge in [-0.1, -0.05) is 91.3 Å². The van der Waals surface area contributed by atoms with E-state index in [2.05, 4.69) is 53.7 Å². The van der Waals surface area contributed by atoms with Gasteiger partial charge in [-0.15, -0.1) is 0 Å². The summed E-state index contributed by atoms with van der Waals surface area (Å²) in [4.78, 5) is 10.5. The molecule has 0 aliphatic heterocycles. The second-order valence-electron chi connectivity index (χ2n) is 10.5. The number of hydrogen-bond donors (Lipinski definition) is 2. The largest absolute Gasteiger partial charge is 0.507 e. The summed E-state index contributed by atoms with van der Waals surface area (Å²) in [5, 5.41) is 11.0. The first-order valence-corrected chi connectivity index (χ1v) is 12.7. The molecule has 0 amide bonds. The van der Waals surface area contributed by atoms with Crippen molar-refractivity contribution in [2.75, 3.05) is 7.11 Å². The second-order valence-corrected chi connectivity index (χ2v) is 12.6. The summed E-state index contributed by atoms with van der Waals surface area (Å²) >= 11 is 0. The lowest BCUT2D eigenvalue weighted by Gasteiger charge is -2.29. The normalized spacial score (nSPS) is 15.5. The molecule has 0 aliphatic rings. The third-order valence-corrected chi connectivity index (χ3v) is 7.66. The van der Waals surface area contributed by atoms with Gasteiger partial charge < -0.3 is 14.5 Å².